The highest BCUT2D eigenvalue weighted by Crippen LogP contribution is 2.29. The molecule has 2 rings (SSSR count). The second-order valence-electron chi connectivity index (χ2n) is 7.35. The van der Waals surface area contributed by atoms with Crippen molar-refractivity contribution in [1.29, 1.82) is 0 Å². The number of hydrogen-bond acceptors (Lipinski definition) is 4. The Morgan fingerprint density at radius 2 is 1.64 bits per heavy atom. The maximum atomic E-state index is 11.3. The summed E-state index contributed by atoms with van der Waals surface area (Å²) in [4.78, 5) is 11.3. The lowest BCUT2D eigenvalue weighted by atomic mass is 10.0. The number of aryl methyl sites for hydroxylation is 1. The molecule has 1 aliphatic heterocycles. The molecule has 1 heterocycles. The molecule has 2 atom stereocenters. The molecule has 1 aromatic carbocycles. The molecule has 4 nitrogen and oxygen atoms in total. The van der Waals surface area contributed by atoms with E-state index in [4.69, 9.17) is 4.74 Å². The molecule has 0 bridgehead atoms. The first kappa shape index (κ1) is 19.6. The van der Waals surface area contributed by atoms with E-state index in [2.05, 4.69) is 0 Å². The van der Waals surface area contributed by atoms with Crippen molar-refractivity contribution in [3.63, 3.8) is 0 Å². The number of carbonyl (C=O) groups is 1. The number of phenols is 2. The first-order valence-electron chi connectivity index (χ1n) is 9.78. The van der Waals surface area contributed by atoms with Crippen molar-refractivity contribution in [2.75, 3.05) is 0 Å². The van der Waals surface area contributed by atoms with E-state index in [1.165, 1.54) is 38.2 Å². The quantitative estimate of drug-likeness (QED) is 0.331. The van der Waals surface area contributed by atoms with E-state index >= 15 is 0 Å². The molecule has 1 aliphatic rings. The van der Waals surface area contributed by atoms with Gasteiger partial charge in [0.2, 0.25) is 0 Å². The zero-order valence-corrected chi connectivity index (χ0v) is 15.4. The molecule has 1 fully saturated rings. The van der Waals surface area contributed by atoms with Gasteiger partial charge in [-0.15, -0.1) is 0 Å². The Balaban J connectivity index is 1.41. The van der Waals surface area contributed by atoms with E-state index in [0.717, 1.165) is 44.1 Å². The zero-order valence-electron chi connectivity index (χ0n) is 15.4. The molecule has 2 N–H and O–H groups in total. The van der Waals surface area contributed by atoms with Gasteiger partial charge in [0.15, 0.2) is 11.5 Å². The molecule has 4 heteroatoms. The van der Waals surface area contributed by atoms with E-state index in [-0.39, 0.29) is 29.5 Å². The van der Waals surface area contributed by atoms with Crippen LogP contribution < -0.4 is 0 Å². The molecule has 0 amide bonds. The summed E-state index contributed by atoms with van der Waals surface area (Å²) in [6, 6.07) is 5.16. The Labute approximate surface area is 151 Å². The van der Waals surface area contributed by atoms with Crippen LogP contribution in [0.2, 0.25) is 0 Å². The average molecular weight is 348 g/mol. The number of para-hydroxylation sites is 1. The lowest BCUT2D eigenvalue weighted by Gasteiger charge is -2.08. The van der Waals surface area contributed by atoms with E-state index in [1.807, 2.05) is 13.0 Å². The van der Waals surface area contributed by atoms with Gasteiger partial charge in [0.25, 0.3) is 0 Å². The van der Waals surface area contributed by atoms with E-state index < -0.39 is 0 Å². The van der Waals surface area contributed by atoms with Gasteiger partial charge in [-0.25, -0.2) is 0 Å². The van der Waals surface area contributed by atoms with E-state index in [0.29, 0.717) is 0 Å². The third kappa shape index (κ3) is 6.60. The smallest absolute Gasteiger partial charge is 0.309 e. The molecule has 0 saturated carbocycles. The van der Waals surface area contributed by atoms with Crippen LogP contribution in [0, 0.1) is 5.92 Å². The summed E-state index contributed by atoms with van der Waals surface area (Å²) in [6.45, 7) is 1.95. The number of carbonyl (C=O) groups excluding carboxylic acids is 1. The highest BCUT2D eigenvalue weighted by atomic mass is 16.5. The normalized spacial score (nSPS) is 20.0. The maximum Gasteiger partial charge on any atom is 0.309 e. The van der Waals surface area contributed by atoms with Crippen LogP contribution in [0.5, 0.6) is 11.5 Å². The van der Waals surface area contributed by atoms with Crippen molar-refractivity contribution in [3.05, 3.63) is 23.8 Å². The van der Waals surface area contributed by atoms with Gasteiger partial charge in [0.1, 0.15) is 6.10 Å². The van der Waals surface area contributed by atoms with Crippen LogP contribution in [0.1, 0.15) is 76.7 Å². The van der Waals surface area contributed by atoms with Gasteiger partial charge in [-0.3, -0.25) is 4.79 Å². The van der Waals surface area contributed by atoms with Crippen LogP contribution in [-0.2, 0) is 16.0 Å². The van der Waals surface area contributed by atoms with Crippen LogP contribution in [0.15, 0.2) is 18.2 Å². The fourth-order valence-electron chi connectivity index (χ4n) is 3.52. The number of cyclic esters (lactones) is 1. The fraction of sp³-hybridized carbons (Fsp3) is 0.667. The van der Waals surface area contributed by atoms with Gasteiger partial charge in [0.05, 0.1) is 5.92 Å². The summed E-state index contributed by atoms with van der Waals surface area (Å²) >= 11 is 0. The number of phenolic OH excluding ortho intramolecular Hbond substituents is 2. The van der Waals surface area contributed by atoms with Crippen molar-refractivity contribution in [1.82, 2.24) is 0 Å². The van der Waals surface area contributed by atoms with Crippen LogP contribution in [0.25, 0.3) is 0 Å². The number of hydrogen-bond donors (Lipinski definition) is 2. The molecule has 2 unspecified atom stereocenters. The summed E-state index contributed by atoms with van der Waals surface area (Å²) < 4.78 is 5.33. The average Bonchev–Trinajstić information content (AvgIpc) is 2.91. The number of ether oxygens (including phenoxy) is 1. The highest BCUT2D eigenvalue weighted by Gasteiger charge is 2.30. The van der Waals surface area contributed by atoms with Gasteiger partial charge in [-0.2, -0.15) is 0 Å². The second-order valence-corrected chi connectivity index (χ2v) is 7.35. The Kier molecular flexibility index (Phi) is 8.10. The highest BCUT2D eigenvalue weighted by molar-refractivity contribution is 5.74. The van der Waals surface area contributed by atoms with E-state index in [1.54, 1.807) is 6.07 Å². The first-order chi connectivity index (χ1) is 12.1. The molecular weight excluding hydrogens is 316 g/mol. The fourth-order valence-corrected chi connectivity index (χ4v) is 3.52. The van der Waals surface area contributed by atoms with Gasteiger partial charge < -0.3 is 14.9 Å². The number of benzene rings is 1. The Morgan fingerprint density at radius 3 is 2.28 bits per heavy atom. The largest absolute Gasteiger partial charge is 0.504 e. The first-order valence-corrected chi connectivity index (χ1v) is 9.78. The summed E-state index contributed by atoms with van der Waals surface area (Å²) in [6.07, 6.45) is 12.5. The van der Waals surface area contributed by atoms with Crippen LogP contribution in [-0.4, -0.2) is 22.3 Å². The lowest BCUT2D eigenvalue weighted by molar-refractivity contribution is -0.144. The lowest BCUT2D eigenvalue weighted by Crippen LogP contribution is -2.06. The third-order valence-electron chi connectivity index (χ3n) is 5.12. The Hall–Kier alpha value is -1.71. The van der Waals surface area contributed by atoms with Gasteiger partial charge in [-0.05, 0) is 43.7 Å². The van der Waals surface area contributed by atoms with Crippen LogP contribution in [0.4, 0.5) is 0 Å². The number of aromatic hydroxyl groups is 2. The minimum absolute atomic E-state index is 0.0240. The van der Waals surface area contributed by atoms with Crippen LogP contribution >= 0.6 is 0 Å². The number of rotatable bonds is 11. The Morgan fingerprint density at radius 1 is 1.00 bits per heavy atom. The van der Waals surface area contributed by atoms with Crippen molar-refractivity contribution < 1.29 is 19.7 Å². The molecule has 1 aromatic rings. The SMILES string of the molecule is CC1CC(CCCCCCCCCCc2cccc(O)c2O)OC1=O. The molecule has 25 heavy (non-hydrogen) atoms. The summed E-state index contributed by atoms with van der Waals surface area (Å²) in [7, 11) is 0. The number of unbranched alkanes of at least 4 members (excludes halogenated alkanes) is 7. The second kappa shape index (κ2) is 10.3. The summed E-state index contributed by atoms with van der Waals surface area (Å²) in [5, 5.41) is 19.2. The molecular formula is C21H32O4. The monoisotopic (exact) mass is 348 g/mol. The standard InChI is InChI=1S/C21H32O4/c1-16-15-18(25-21(16)24)13-9-7-5-3-2-4-6-8-11-17-12-10-14-19(22)20(17)23/h10,12,14,16,18,22-23H,2-9,11,13,15H2,1H3. The van der Waals surface area contributed by atoms with Crippen LogP contribution in [0.3, 0.4) is 0 Å². The predicted molar refractivity (Wildman–Crippen MR) is 98.7 cm³/mol. The summed E-state index contributed by atoms with van der Waals surface area (Å²) in [5.41, 5.74) is 0.835. The van der Waals surface area contributed by atoms with Gasteiger partial charge >= 0.3 is 5.97 Å². The van der Waals surface area contributed by atoms with Crippen molar-refractivity contribution in [2.24, 2.45) is 5.92 Å². The minimum atomic E-state index is -0.0284. The van der Waals surface area contributed by atoms with Crippen molar-refractivity contribution in [3.8, 4) is 11.5 Å². The third-order valence-corrected chi connectivity index (χ3v) is 5.12. The molecule has 1 saturated heterocycles. The molecule has 0 radical (unpaired) electrons. The molecule has 0 aliphatic carbocycles. The summed E-state index contributed by atoms with van der Waals surface area (Å²) in [5.74, 6) is 0.0694. The molecule has 0 spiro atoms. The van der Waals surface area contributed by atoms with Crippen molar-refractivity contribution >= 4 is 5.97 Å². The maximum absolute atomic E-state index is 11.3. The topological polar surface area (TPSA) is 66.8 Å². The molecule has 140 valence electrons. The molecule has 0 aromatic heterocycles. The minimum Gasteiger partial charge on any atom is -0.504 e. The van der Waals surface area contributed by atoms with Gasteiger partial charge in [0, 0.05) is 0 Å². The Bertz CT molecular complexity index is 541. The van der Waals surface area contributed by atoms with Crippen molar-refractivity contribution in [2.45, 2.75) is 83.7 Å². The zero-order chi connectivity index (χ0) is 18.1. The van der Waals surface area contributed by atoms with Gasteiger partial charge in [-0.1, -0.05) is 57.6 Å². The van der Waals surface area contributed by atoms with E-state index in [9.17, 15) is 15.0 Å². The number of esters is 1. The predicted octanol–water partition coefficient (Wildman–Crippen LogP) is 5.10.